The quantitative estimate of drug-likeness (QED) is 0.127. The van der Waals surface area contributed by atoms with E-state index in [0.29, 0.717) is 0 Å². The van der Waals surface area contributed by atoms with E-state index in [1.165, 1.54) is 122 Å². The molecule has 0 spiro atoms. The van der Waals surface area contributed by atoms with Crippen LogP contribution in [0.5, 0.6) is 0 Å². The lowest BCUT2D eigenvalue weighted by Crippen LogP contribution is -2.28. The Labute approximate surface area is 446 Å². The van der Waals surface area contributed by atoms with Gasteiger partial charge in [-0.05, 0) is 155 Å². The van der Waals surface area contributed by atoms with E-state index in [0.717, 1.165) is 11.1 Å². The topological polar surface area (TPSA) is 4.93 Å². The average molecular weight is 970 g/mol. The Balaban J connectivity index is 0.751. The number of para-hydroxylation sites is 1. The van der Waals surface area contributed by atoms with E-state index < -0.39 is 5.41 Å². The molecule has 0 saturated carbocycles. The molecular formula is C75H55N. The van der Waals surface area contributed by atoms with Crippen LogP contribution in [-0.4, -0.2) is 4.57 Å². The molecular weight excluding hydrogens is 915 g/mol. The number of aromatic nitrogens is 1. The summed E-state index contributed by atoms with van der Waals surface area (Å²) in [4.78, 5) is 0. The minimum atomic E-state index is -0.509. The number of rotatable bonds is 9. The van der Waals surface area contributed by atoms with Crippen LogP contribution < -0.4 is 0 Å². The van der Waals surface area contributed by atoms with Gasteiger partial charge in [0.1, 0.15) is 0 Å². The molecule has 1 heterocycles. The zero-order valence-corrected chi connectivity index (χ0v) is 43.0. The highest BCUT2D eigenvalue weighted by Gasteiger charge is 2.46. The summed E-state index contributed by atoms with van der Waals surface area (Å²) < 4.78 is 2.45. The number of hydrogen-bond acceptors (Lipinski definition) is 0. The van der Waals surface area contributed by atoms with E-state index in [-0.39, 0.29) is 5.41 Å². The maximum atomic E-state index is 2.46. The molecule has 2 aliphatic rings. The van der Waals surface area contributed by atoms with Crippen molar-refractivity contribution in [3.05, 3.63) is 311 Å². The van der Waals surface area contributed by atoms with Gasteiger partial charge in [-0.2, -0.15) is 0 Å². The van der Waals surface area contributed by atoms with Crippen LogP contribution in [0.1, 0.15) is 70.8 Å². The molecule has 1 nitrogen and oxygen atoms in total. The molecule has 0 bridgehead atoms. The van der Waals surface area contributed by atoms with Crippen LogP contribution in [0.3, 0.4) is 0 Å². The van der Waals surface area contributed by atoms with Crippen molar-refractivity contribution >= 4 is 40.0 Å². The summed E-state index contributed by atoms with van der Waals surface area (Å²) in [6.07, 6.45) is 8.68. The molecule has 2 aliphatic carbocycles. The molecule has 11 aromatic carbocycles. The molecule has 0 unspecified atom stereocenters. The van der Waals surface area contributed by atoms with Crippen molar-refractivity contribution in [3.8, 4) is 61.3 Å². The molecule has 0 atom stereocenters. The van der Waals surface area contributed by atoms with E-state index in [1.807, 2.05) is 0 Å². The van der Waals surface area contributed by atoms with Crippen LogP contribution in [0.2, 0.25) is 0 Å². The Morgan fingerprint density at radius 3 is 1.33 bits per heavy atom. The molecule has 12 aromatic rings. The second-order valence-electron chi connectivity index (χ2n) is 21.2. The van der Waals surface area contributed by atoms with E-state index >= 15 is 0 Å². The maximum absolute atomic E-state index is 2.46. The van der Waals surface area contributed by atoms with Gasteiger partial charge >= 0.3 is 0 Å². The summed E-state index contributed by atoms with van der Waals surface area (Å²) in [5.74, 6) is 0. The van der Waals surface area contributed by atoms with Gasteiger partial charge < -0.3 is 4.57 Å². The van der Waals surface area contributed by atoms with E-state index in [4.69, 9.17) is 0 Å². The first-order valence-corrected chi connectivity index (χ1v) is 26.7. The summed E-state index contributed by atoms with van der Waals surface area (Å²) in [6.45, 7) is 6.78. The van der Waals surface area contributed by atoms with Crippen LogP contribution in [0.4, 0.5) is 0 Å². The van der Waals surface area contributed by atoms with E-state index in [2.05, 4.69) is 304 Å². The van der Waals surface area contributed by atoms with Crippen molar-refractivity contribution in [3.63, 3.8) is 0 Å². The molecule has 1 heteroatoms. The van der Waals surface area contributed by atoms with Crippen molar-refractivity contribution < 1.29 is 0 Å². The molecule has 1 aromatic heterocycles. The third-order valence-corrected chi connectivity index (χ3v) is 16.6. The Kier molecular flexibility index (Phi) is 10.7. The Morgan fingerprint density at radius 2 is 0.750 bits per heavy atom. The standard InChI is InChI=1S/C75H55N/c1-4-15-50-26-32-54(33-27-50)57-38-42-64-65-43-39-58(48-71(65)75(70(64)47-57,59-16-7-5-8-17-59)60-18-9-6-10-19-60)55-36-30-52(31-37-55)25-24-51-28-34-53(35-29-51)56-40-45-73-67(46-56)66-21-12-14-23-72(66)76(73)61-41-44-63-62-20-11-13-22-68(62)74(2,3)69(63)49-61/h4-49H,1-3H3/b15-4+,25-24+. The second-order valence-corrected chi connectivity index (χ2v) is 21.2. The molecule has 360 valence electrons. The Morgan fingerprint density at radius 1 is 0.316 bits per heavy atom. The van der Waals surface area contributed by atoms with Crippen molar-refractivity contribution in [1.29, 1.82) is 0 Å². The summed E-state index contributed by atoms with van der Waals surface area (Å²) in [7, 11) is 0. The number of allylic oxidation sites excluding steroid dienone is 1. The first-order valence-electron chi connectivity index (χ1n) is 26.7. The number of benzene rings is 11. The predicted molar refractivity (Wildman–Crippen MR) is 322 cm³/mol. The molecule has 0 N–H and O–H groups in total. The van der Waals surface area contributed by atoms with Crippen LogP contribution in [0, 0.1) is 0 Å². The van der Waals surface area contributed by atoms with Gasteiger partial charge in [0.2, 0.25) is 0 Å². The molecule has 14 rings (SSSR count). The summed E-state index contributed by atoms with van der Waals surface area (Å²) in [5.41, 5.74) is 27.0. The van der Waals surface area contributed by atoms with Gasteiger partial charge in [-0.25, -0.2) is 0 Å². The maximum Gasteiger partial charge on any atom is 0.0713 e. The zero-order valence-electron chi connectivity index (χ0n) is 43.0. The van der Waals surface area contributed by atoms with E-state index in [9.17, 15) is 0 Å². The third-order valence-electron chi connectivity index (χ3n) is 16.6. The lowest BCUT2D eigenvalue weighted by molar-refractivity contribution is 0.660. The monoisotopic (exact) mass is 969 g/mol. The Hall–Kier alpha value is -9.30. The molecule has 0 saturated heterocycles. The van der Waals surface area contributed by atoms with Gasteiger partial charge in [-0.15, -0.1) is 0 Å². The highest BCUT2D eigenvalue weighted by atomic mass is 15.0. The Bertz CT molecular complexity index is 4220. The van der Waals surface area contributed by atoms with Crippen LogP contribution >= 0.6 is 0 Å². The lowest BCUT2D eigenvalue weighted by Gasteiger charge is -2.34. The average Bonchev–Trinajstić information content (AvgIpc) is 4.26. The smallest absolute Gasteiger partial charge is 0.0713 e. The first kappa shape index (κ1) is 45.3. The van der Waals surface area contributed by atoms with Crippen LogP contribution in [0.25, 0.3) is 101 Å². The molecule has 0 aliphatic heterocycles. The van der Waals surface area contributed by atoms with Crippen molar-refractivity contribution in [2.24, 2.45) is 0 Å². The fraction of sp³-hybridized carbons (Fsp3) is 0.0667. The molecule has 0 fully saturated rings. The fourth-order valence-corrected chi connectivity index (χ4v) is 12.9. The largest absolute Gasteiger partial charge is 0.309 e. The normalized spacial score (nSPS) is 13.8. The first-order chi connectivity index (χ1) is 37.4. The number of nitrogens with zero attached hydrogens (tertiary/aromatic N) is 1. The van der Waals surface area contributed by atoms with Gasteiger partial charge in [0, 0.05) is 21.9 Å². The SMILES string of the molecule is C/C=C/c1ccc(-c2ccc3c(c2)C(c2ccccc2)(c2ccccc2)c2cc(-c4ccc(/C=C/c5ccc(-c6ccc7c(c6)c6ccccc6n7-c6ccc7c(c6)C(C)(C)c6ccccc6-7)cc5)cc4)ccc2-3)cc1. The highest BCUT2D eigenvalue weighted by molar-refractivity contribution is 6.10. The van der Waals surface area contributed by atoms with Crippen LogP contribution in [0.15, 0.2) is 261 Å². The second kappa shape index (κ2) is 18.0. The van der Waals surface area contributed by atoms with Crippen molar-refractivity contribution in [1.82, 2.24) is 4.57 Å². The molecule has 0 radical (unpaired) electrons. The number of fused-ring (bicyclic) bond motifs is 9. The highest BCUT2D eigenvalue weighted by Crippen LogP contribution is 2.58. The van der Waals surface area contributed by atoms with Crippen molar-refractivity contribution in [2.75, 3.05) is 0 Å². The number of hydrogen-bond donors (Lipinski definition) is 0. The van der Waals surface area contributed by atoms with Gasteiger partial charge in [0.25, 0.3) is 0 Å². The van der Waals surface area contributed by atoms with Crippen molar-refractivity contribution in [2.45, 2.75) is 31.6 Å². The summed E-state index contributed by atoms with van der Waals surface area (Å²) in [6, 6.07) is 95.0. The van der Waals surface area contributed by atoms with Gasteiger partial charge in [0.15, 0.2) is 0 Å². The van der Waals surface area contributed by atoms with Crippen LogP contribution in [-0.2, 0) is 10.8 Å². The summed E-state index contributed by atoms with van der Waals surface area (Å²) in [5, 5.41) is 2.52. The lowest BCUT2D eigenvalue weighted by atomic mass is 9.67. The minimum absolute atomic E-state index is 0.0634. The zero-order chi connectivity index (χ0) is 51.0. The summed E-state index contributed by atoms with van der Waals surface area (Å²) >= 11 is 0. The third kappa shape index (κ3) is 7.22. The minimum Gasteiger partial charge on any atom is -0.309 e. The van der Waals surface area contributed by atoms with Gasteiger partial charge in [0.05, 0.1) is 16.4 Å². The molecule has 76 heavy (non-hydrogen) atoms. The fourth-order valence-electron chi connectivity index (χ4n) is 12.9. The molecule has 0 amide bonds. The van der Waals surface area contributed by atoms with Gasteiger partial charge in [-0.1, -0.05) is 250 Å². The predicted octanol–water partition coefficient (Wildman–Crippen LogP) is 19.7. The van der Waals surface area contributed by atoms with Gasteiger partial charge in [-0.3, -0.25) is 0 Å². The van der Waals surface area contributed by atoms with E-state index in [1.54, 1.807) is 0 Å².